The molecule has 0 aromatic heterocycles. The van der Waals surface area contributed by atoms with Gasteiger partial charge in [-0.25, -0.2) is 4.79 Å². The Kier molecular flexibility index (Phi) is 5.71. The van der Waals surface area contributed by atoms with Gasteiger partial charge in [-0.15, -0.1) is 0 Å². The molecule has 4 unspecified atom stereocenters. The summed E-state index contributed by atoms with van der Waals surface area (Å²) in [5.41, 5.74) is -4.47. The zero-order chi connectivity index (χ0) is 19.9. The molecule has 0 saturated heterocycles. The first-order valence-corrected chi connectivity index (χ1v) is 8.44. The van der Waals surface area contributed by atoms with Gasteiger partial charge in [0.1, 0.15) is 0 Å². The fraction of sp³-hybridized carbons (Fsp3) is 0.824. The van der Waals surface area contributed by atoms with Crippen molar-refractivity contribution in [3.8, 4) is 0 Å². The Hall–Kier alpha value is -1.25. The Bertz CT molecular complexity index is 540. The molecule has 2 bridgehead atoms. The average molecular weight is 388 g/mol. The summed E-state index contributed by atoms with van der Waals surface area (Å²) in [6.07, 6.45) is -11.0. The van der Waals surface area contributed by atoms with Crippen LogP contribution in [0, 0.1) is 23.7 Å². The quantitative estimate of drug-likeness (QED) is 0.417. The van der Waals surface area contributed by atoms with Crippen LogP contribution in [0.2, 0.25) is 0 Å². The fourth-order valence-corrected chi connectivity index (χ4v) is 4.41. The Labute approximate surface area is 147 Å². The molecule has 2 aliphatic carbocycles. The minimum atomic E-state index is -5.78. The monoisotopic (exact) mass is 388 g/mol. The van der Waals surface area contributed by atoms with Crippen LogP contribution in [0.25, 0.3) is 0 Å². The molecule has 2 aliphatic rings. The zero-order valence-corrected chi connectivity index (χ0v) is 14.3. The van der Waals surface area contributed by atoms with Gasteiger partial charge in [0.05, 0.1) is 6.61 Å². The SMILES string of the molecule is C=C(C)C(=O)OCCC1CC2CC(CC(O)(C(F)(F)F)C(F)(F)F)C1C2. The lowest BCUT2D eigenvalue weighted by molar-refractivity contribution is -0.373. The van der Waals surface area contributed by atoms with E-state index in [2.05, 4.69) is 6.58 Å². The summed E-state index contributed by atoms with van der Waals surface area (Å²) in [5.74, 6) is -1.82. The number of aliphatic hydroxyl groups is 1. The molecule has 9 heteroatoms. The number of hydrogen-bond donors (Lipinski definition) is 1. The molecule has 150 valence electrons. The highest BCUT2D eigenvalue weighted by atomic mass is 19.4. The number of esters is 1. The van der Waals surface area contributed by atoms with Crippen LogP contribution in [-0.4, -0.2) is 35.6 Å². The third-order valence-electron chi connectivity index (χ3n) is 5.65. The maximum Gasteiger partial charge on any atom is 0.426 e. The molecule has 2 saturated carbocycles. The molecule has 0 aliphatic heterocycles. The van der Waals surface area contributed by atoms with Crippen LogP contribution < -0.4 is 0 Å². The van der Waals surface area contributed by atoms with E-state index in [1.165, 1.54) is 6.92 Å². The van der Waals surface area contributed by atoms with Crippen molar-refractivity contribution in [3.63, 3.8) is 0 Å². The predicted octanol–water partition coefficient (Wildman–Crippen LogP) is 4.40. The van der Waals surface area contributed by atoms with Crippen molar-refractivity contribution in [1.82, 2.24) is 0 Å². The maximum absolute atomic E-state index is 12.9. The van der Waals surface area contributed by atoms with Crippen molar-refractivity contribution in [3.05, 3.63) is 12.2 Å². The Morgan fingerprint density at radius 1 is 1.08 bits per heavy atom. The molecule has 0 amide bonds. The largest absolute Gasteiger partial charge is 0.462 e. The van der Waals surface area contributed by atoms with E-state index in [4.69, 9.17) is 4.74 Å². The standard InChI is InChI=1S/C17H22F6O3/c1-9(2)14(24)26-4-3-11-5-10-6-12(13(11)7-10)8-15(25,16(18,19)20)17(21,22)23/h10-13,25H,1,3-8H2,2H3. The van der Waals surface area contributed by atoms with Gasteiger partial charge >= 0.3 is 18.3 Å². The second-order valence-electron chi connectivity index (χ2n) is 7.52. The molecule has 4 atom stereocenters. The van der Waals surface area contributed by atoms with Gasteiger partial charge in [0.25, 0.3) is 5.60 Å². The lowest BCUT2D eigenvalue weighted by Gasteiger charge is -2.38. The third-order valence-corrected chi connectivity index (χ3v) is 5.65. The van der Waals surface area contributed by atoms with Gasteiger partial charge < -0.3 is 9.84 Å². The molecule has 1 N–H and O–H groups in total. The van der Waals surface area contributed by atoms with Crippen molar-refractivity contribution in [2.75, 3.05) is 6.61 Å². The molecule has 0 heterocycles. The molecule has 0 spiro atoms. The van der Waals surface area contributed by atoms with Crippen molar-refractivity contribution < 1.29 is 41.0 Å². The summed E-state index contributed by atoms with van der Waals surface area (Å²) < 4.78 is 82.5. The van der Waals surface area contributed by atoms with E-state index < -0.39 is 36.3 Å². The van der Waals surface area contributed by atoms with E-state index in [9.17, 15) is 36.2 Å². The normalized spacial score (nSPS) is 29.1. The van der Waals surface area contributed by atoms with Crippen LogP contribution in [0.4, 0.5) is 26.3 Å². The average Bonchev–Trinajstić information content (AvgIpc) is 3.04. The zero-order valence-electron chi connectivity index (χ0n) is 14.3. The van der Waals surface area contributed by atoms with Crippen molar-refractivity contribution >= 4 is 5.97 Å². The van der Waals surface area contributed by atoms with Gasteiger partial charge in [0, 0.05) is 5.57 Å². The summed E-state index contributed by atoms with van der Waals surface area (Å²) in [6.45, 7) is 4.95. The third kappa shape index (κ3) is 4.02. The summed E-state index contributed by atoms with van der Waals surface area (Å²) in [4.78, 5) is 11.3. The van der Waals surface area contributed by atoms with Crippen LogP contribution >= 0.6 is 0 Å². The molecule has 0 radical (unpaired) electrons. The number of ether oxygens (including phenoxy) is 1. The van der Waals surface area contributed by atoms with Crippen molar-refractivity contribution in [2.24, 2.45) is 23.7 Å². The fourth-order valence-electron chi connectivity index (χ4n) is 4.41. The second-order valence-corrected chi connectivity index (χ2v) is 7.52. The summed E-state index contributed by atoms with van der Waals surface area (Å²) in [6, 6.07) is 0. The summed E-state index contributed by atoms with van der Waals surface area (Å²) >= 11 is 0. The number of fused-ring (bicyclic) bond motifs is 2. The lowest BCUT2D eigenvalue weighted by atomic mass is 9.74. The van der Waals surface area contributed by atoms with E-state index in [0.29, 0.717) is 19.3 Å². The summed E-state index contributed by atoms with van der Waals surface area (Å²) in [7, 11) is 0. The maximum atomic E-state index is 12.9. The van der Waals surface area contributed by atoms with Crippen molar-refractivity contribution in [2.45, 2.75) is 57.0 Å². The van der Waals surface area contributed by atoms with Crippen LogP contribution in [0.15, 0.2) is 12.2 Å². The Morgan fingerprint density at radius 3 is 2.08 bits per heavy atom. The van der Waals surface area contributed by atoms with Gasteiger partial charge in [0.15, 0.2) is 0 Å². The molecule has 2 fully saturated rings. The Morgan fingerprint density at radius 2 is 1.62 bits per heavy atom. The predicted molar refractivity (Wildman–Crippen MR) is 79.9 cm³/mol. The second kappa shape index (κ2) is 7.05. The number of carbonyl (C=O) groups excluding carboxylic acids is 1. The number of halogens is 6. The summed E-state index contributed by atoms with van der Waals surface area (Å²) in [5, 5.41) is 9.44. The molecular weight excluding hydrogens is 366 g/mol. The number of hydrogen-bond acceptors (Lipinski definition) is 3. The highest BCUT2D eigenvalue weighted by Gasteiger charge is 2.71. The van der Waals surface area contributed by atoms with Crippen LogP contribution in [0.5, 0.6) is 0 Å². The molecule has 26 heavy (non-hydrogen) atoms. The first-order valence-electron chi connectivity index (χ1n) is 8.44. The number of carbonyl (C=O) groups is 1. The van der Waals surface area contributed by atoms with Crippen LogP contribution in [-0.2, 0) is 9.53 Å². The highest BCUT2D eigenvalue weighted by Crippen LogP contribution is 2.58. The van der Waals surface area contributed by atoms with Crippen molar-refractivity contribution in [1.29, 1.82) is 0 Å². The smallest absolute Gasteiger partial charge is 0.426 e. The topological polar surface area (TPSA) is 46.5 Å². The first kappa shape index (κ1) is 21.1. The van der Waals surface area contributed by atoms with Crippen LogP contribution in [0.3, 0.4) is 0 Å². The number of alkyl halides is 6. The Balaban J connectivity index is 2.01. The van der Waals surface area contributed by atoms with Gasteiger partial charge in [-0.3, -0.25) is 0 Å². The van der Waals surface area contributed by atoms with E-state index in [-0.39, 0.29) is 36.4 Å². The van der Waals surface area contributed by atoms with E-state index in [1.807, 2.05) is 0 Å². The molecule has 3 nitrogen and oxygen atoms in total. The molecule has 0 aromatic rings. The highest BCUT2D eigenvalue weighted by molar-refractivity contribution is 5.86. The van der Waals surface area contributed by atoms with Crippen LogP contribution in [0.1, 0.15) is 39.0 Å². The minimum Gasteiger partial charge on any atom is -0.462 e. The van der Waals surface area contributed by atoms with Gasteiger partial charge in [-0.1, -0.05) is 6.58 Å². The van der Waals surface area contributed by atoms with E-state index >= 15 is 0 Å². The minimum absolute atomic E-state index is 0.0507. The molecule has 0 aromatic carbocycles. The molecule has 2 rings (SSSR count). The number of rotatable bonds is 6. The first-order chi connectivity index (χ1) is 11.8. The van der Waals surface area contributed by atoms with E-state index in [1.54, 1.807) is 0 Å². The van der Waals surface area contributed by atoms with Gasteiger partial charge in [0.2, 0.25) is 0 Å². The van der Waals surface area contributed by atoms with E-state index in [0.717, 1.165) is 0 Å². The van der Waals surface area contributed by atoms with Gasteiger partial charge in [-0.05, 0) is 62.7 Å². The molecular formula is C17H22F6O3. The lowest BCUT2D eigenvalue weighted by Crippen LogP contribution is -2.58. The van der Waals surface area contributed by atoms with Gasteiger partial charge in [-0.2, -0.15) is 26.3 Å².